The van der Waals surface area contributed by atoms with E-state index >= 15 is 0 Å². The molecule has 2 heterocycles. The van der Waals surface area contributed by atoms with Crippen molar-refractivity contribution in [1.29, 1.82) is 0 Å². The molecule has 0 amide bonds. The third-order valence-electron chi connectivity index (χ3n) is 4.59. The van der Waals surface area contributed by atoms with Gasteiger partial charge in [-0.1, -0.05) is 0 Å². The van der Waals surface area contributed by atoms with E-state index in [0.717, 1.165) is 0 Å². The van der Waals surface area contributed by atoms with Gasteiger partial charge >= 0.3 is 7.12 Å². The summed E-state index contributed by atoms with van der Waals surface area (Å²) in [4.78, 5) is 0. The molecule has 17 heavy (non-hydrogen) atoms. The van der Waals surface area contributed by atoms with Crippen molar-refractivity contribution in [1.82, 2.24) is 0 Å². The summed E-state index contributed by atoms with van der Waals surface area (Å²) in [5.74, 6) is 0. The fraction of sp³-hybridized carbons (Fsp3) is 0.692. The Labute approximate surface area is 107 Å². The van der Waals surface area contributed by atoms with Gasteiger partial charge in [0.1, 0.15) is 0 Å². The van der Waals surface area contributed by atoms with E-state index in [4.69, 9.17) is 9.31 Å². The van der Waals surface area contributed by atoms with Gasteiger partial charge < -0.3 is 9.31 Å². The largest absolute Gasteiger partial charge is 0.469 e. The fourth-order valence-corrected chi connectivity index (χ4v) is 3.18. The van der Waals surface area contributed by atoms with Crippen molar-refractivity contribution in [3.05, 3.63) is 22.4 Å². The molecule has 1 saturated carbocycles. The highest BCUT2D eigenvalue weighted by molar-refractivity contribution is 7.08. The van der Waals surface area contributed by atoms with Crippen LogP contribution < -0.4 is 0 Å². The van der Waals surface area contributed by atoms with Crippen molar-refractivity contribution in [3.8, 4) is 0 Å². The first-order valence-corrected chi connectivity index (χ1v) is 7.20. The predicted molar refractivity (Wildman–Crippen MR) is 71.3 cm³/mol. The summed E-state index contributed by atoms with van der Waals surface area (Å²) in [5.41, 5.74) is 0.952. The van der Waals surface area contributed by atoms with Gasteiger partial charge in [0.05, 0.1) is 11.2 Å². The topological polar surface area (TPSA) is 18.5 Å². The average Bonchev–Trinajstić information content (AvgIpc) is 2.77. The van der Waals surface area contributed by atoms with Gasteiger partial charge in [-0.25, -0.2) is 0 Å². The molecule has 0 spiro atoms. The van der Waals surface area contributed by atoms with Crippen molar-refractivity contribution in [2.24, 2.45) is 0 Å². The van der Waals surface area contributed by atoms with Crippen LogP contribution in [0.25, 0.3) is 0 Å². The van der Waals surface area contributed by atoms with E-state index in [9.17, 15) is 0 Å². The summed E-state index contributed by atoms with van der Waals surface area (Å²) in [6, 6.07) is 2.21. The fourth-order valence-electron chi connectivity index (χ4n) is 2.41. The maximum absolute atomic E-state index is 6.20. The van der Waals surface area contributed by atoms with Crippen molar-refractivity contribution < 1.29 is 9.31 Å². The van der Waals surface area contributed by atoms with E-state index in [1.165, 1.54) is 18.4 Å². The van der Waals surface area contributed by atoms with E-state index in [-0.39, 0.29) is 23.6 Å². The number of hydrogen-bond acceptors (Lipinski definition) is 3. The lowest BCUT2D eigenvalue weighted by atomic mass is 9.65. The average molecular weight is 250 g/mol. The zero-order valence-corrected chi connectivity index (χ0v) is 11.8. The molecule has 0 N–H and O–H groups in total. The van der Waals surface area contributed by atoms with Crippen LogP contribution in [-0.4, -0.2) is 18.3 Å². The summed E-state index contributed by atoms with van der Waals surface area (Å²) in [7, 11) is -0.0814. The van der Waals surface area contributed by atoms with Crippen LogP contribution in [0, 0.1) is 0 Å². The first-order valence-electron chi connectivity index (χ1n) is 6.26. The van der Waals surface area contributed by atoms with E-state index in [0.29, 0.717) is 0 Å². The van der Waals surface area contributed by atoms with Gasteiger partial charge in [-0.2, -0.15) is 11.3 Å². The molecule has 2 fully saturated rings. The number of hydrogen-bond donors (Lipinski definition) is 0. The third-order valence-corrected chi connectivity index (χ3v) is 5.27. The Morgan fingerprint density at radius 1 is 1.12 bits per heavy atom. The quantitative estimate of drug-likeness (QED) is 0.749. The second kappa shape index (κ2) is 3.37. The minimum Gasteiger partial charge on any atom is -0.403 e. The van der Waals surface area contributed by atoms with Crippen molar-refractivity contribution in [2.75, 3.05) is 0 Å². The normalized spacial score (nSPS) is 28.4. The van der Waals surface area contributed by atoms with Crippen LogP contribution in [0.2, 0.25) is 0 Å². The molecule has 1 aromatic rings. The summed E-state index contributed by atoms with van der Waals surface area (Å²) in [6.45, 7) is 8.49. The lowest BCUT2D eigenvalue weighted by molar-refractivity contribution is 0.00578. The molecule has 1 saturated heterocycles. The van der Waals surface area contributed by atoms with Crippen LogP contribution in [0.4, 0.5) is 0 Å². The highest BCUT2D eigenvalue weighted by atomic mass is 32.1. The molecule has 92 valence electrons. The standard InChI is InChI=1S/C13H19BO2S/c1-11(2)12(3,4)16-14(15-11)13(6-7-13)10-5-8-17-9-10/h5,8-9H,6-7H2,1-4H3. The molecule has 2 nitrogen and oxygen atoms in total. The maximum Gasteiger partial charge on any atom is 0.469 e. The zero-order chi connectivity index (χ0) is 12.3. The lowest BCUT2D eigenvalue weighted by Crippen LogP contribution is -2.41. The summed E-state index contributed by atoms with van der Waals surface area (Å²) in [5, 5.41) is 4.50. The second-order valence-electron chi connectivity index (χ2n) is 6.26. The molecular weight excluding hydrogens is 231 g/mol. The van der Waals surface area contributed by atoms with Crippen molar-refractivity contribution in [2.45, 2.75) is 57.1 Å². The van der Waals surface area contributed by atoms with Crippen LogP contribution in [0.1, 0.15) is 46.1 Å². The molecule has 4 heteroatoms. The van der Waals surface area contributed by atoms with Crippen LogP contribution >= 0.6 is 11.3 Å². The van der Waals surface area contributed by atoms with E-state index in [1.807, 2.05) is 0 Å². The Morgan fingerprint density at radius 3 is 2.12 bits per heavy atom. The summed E-state index contributed by atoms with van der Waals surface area (Å²) >= 11 is 1.75. The van der Waals surface area contributed by atoms with Gasteiger partial charge in [0.15, 0.2) is 0 Å². The van der Waals surface area contributed by atoms with Gasteiger partial charge in [0, 0.05) is 5.31 Å². The minimum atomic E-state index is -0.219. The smallest absolute Gasteiger partial charge is 0.403 e. The minimum absolute atomic E-state index is 0.0814. The molecule has 0 aromatic carbocycles. The van der Waals surface area contributed by atoms with Crippen molar-refractivity contribution in [3.63, 3.8) is 0 Å². The Morgan fingerprint density at radius 2 is 1.71 bits per heavy atom. The first-order chi connectivity index (χ1) is 7.87. The zero-order valence-electron chi connectivity index (χ0n) is 10.9. The Bertz CT molecular complexity index is 405. The Kier molecular flexibility index (Phi) is 2.33. The van der Waals surface area contributed by atoms with Crippen molar-refractivity contribution >= 4 is 18.5 Å². The van der Waals surface area contributed by atoms with Crippen LogP contribution in [0.5, 0.6) is 0 Å². The van der Waals surface area contributed by atoms with Gasteiger partial charge in [-0.3, -0.25) is 0 Å². The predicted octanol–water partition coefficient (Wildman–Crippen LogP) is 3.41. The molecule has 0 radical (unpaired) electrons. The Balaban J connectivity index is 1.89. The first kappa shape index (κ1) is 11.8. The highest BCUT2D eigenvalue weighted by Crippen LogP contribution is 2.55. The van der Waals surface area contributed by atoms with E-state index < -0.39 is 0 Å². The second-order valence-corrected chi connectivity index (χ2v) is 7.04. The number of rotatable bonds is 2. The third kappa shape index (κ3) is 1.61. The molecular formula is C13H19BO2S. The molecule has 0 unspecified atom stereocenters. The van der Waals surface area contributed by atoms with E-state index in [2.05, 4.69) is 44.5 Å². The SMILES string of the molecule is CC1(C)OB(C2(c3ccsc3)CC2)OC1(C)C. The highest BCUT2D eigenvalue weighted by Gasteiger charge is 2.65. The monoisotopic (exact) mass is 250 g/mol. The van der Waals surface area contributed by atoms with E-state index in [1.54, 1.807) is 11.3 Å². The van der Waals surface area contributed by atoms with Gasteiger partial charge in [0.2, 0.25) is 0 Å². The van der Waals surface area contributed by atoms with Gasteiger partial charge in [-0.05, 0) is 62.9 Å². The molecule has 1 aliphatic carbocycles. The molecule has 1 aromatic heterocycles. The molecule has 3 rings (SSSR count). The lowest BCUT2D eigenvalue weighted by Gasteiger charge is -2.32. The van der Waals surface area contributed by atoms with Gasteiger partial charge in [-0.15, -0.1) is 0 Å². The van der Waals surface area contributed by atoms with Gasteiger partial charge in [0.25, 0.3) is 0 Å². The Hall–Kier alpha value is -0.315. The van der Waals surface area contributed by atoms with Crippen LogP contribution in [0.3, 0.4) is 0 Å². The molecule has 0 bridgehead atoms. The molecule has 1 aliphatic heterocycles. The summed E-state index contributed by atoms with van der Waals surface area (Å²) in [6.07, 6.45) is 2.36. The van der Waals surface area contributed by atoms with Crippen LogP contribution in [-0.2, 0) is 14.6 Å². The molecule has 0 atom stereocenters. The van der Waals surface area contributed by atoms with Crippen LogP contribution in [0.15, 0.2) is 16.8 Å². The number of thiophene rings is 1. The maximum atomic E-state index is 6.20. The summed E-state index contributed by atoms with van der Waals surface area (Å²) < 4.78 is 12.4. The molecule has 2 aliphatic rings.